The van der Waals surface area contributed by atoms with Crippen molar-refractivity contribution in [1.29, 1.82) is 0 Å². The van der Waals surface area contributed by atoms with Crippen LogP contribution in [-0.4, -0.2) is 43.3 Å². The molecule has 0 saturated carbocycles. The second kappa shape index (κ2) is 9.91. The first-order valence-corrected chi connectivity index (χ1v) is 11.8. The lowest BCUT2D eigenvalue weighted by Gasteiger charge is -2.36. The molecule has 0 unspecified atom stereocenters. The van der Waals surface area contributed by atoms with E-state index in [1.54, 1.807) is 56.5 Å². The predicted octanol–water partition coefficient (Wildman–Crippen LogP) is 5.07. The first-order chi connectivity index (χ1) is 17.4. The largest absolute Gasteiger partial charge is 0.507 e. The Balaban J connectivity index is 1.39. The van der Waals surface area contributed by atoms with Gasteiger partial charge in [-0.25, -0.2) is 4.39 Å². The number of hydrogen-bond donors (Lipinski definition) is 1. The molecule has 1 N–H and O–H groups in total. The lowest BCUT2D eigenvalue weighted by Crippen LogP contribution is -2.46. The van der Waals surface area contributed by atoms with Crippen molar-refractivity contribution in [2.24, 2.45) is 0 Å². The van der Waals surface area contributed by atoms with Crippen LogP contribution < -0.4 is 19.8 Å². The Bertz CT molecular complexity index is 1440. The average Bonchev–Trinajstić information content (AvgIpc) is 2.89. The van der Waals surface area contributed by atoms with E-state index < -0.39 is 0 Å². The number of benzene rings is 3. The summed E-state index contributed by atoms with van der Waals surface area (Å²) in [5.41, 5.74) is 1.60. The average molecular weight is 491 g/mol. The zero-order valence-electron chi connectivity index (χ0n) is 20.2. The Morgan fingerprint density at radius 1 is 1.00 bits per heavy atom. The first kappa shape index (κ1) is 23.7. The fourth-order valence-corrected chi connectivity index (χ4v) is 4.49. The van der Waals surface area contributed by atoms with E-state index in [2.05, 4.69) is 9.80 Å². The summed E-state index contributed by atoms with van der Waals surface area (Å²) in [6.07, 6.45) is 0. The summed E-state index contributed by atoms with van der Waals surface area (Å²) in [7, 11) is 1.56. The lowest BCUT2D eigenvalue weighted by atomic mass is 10.1. The van der Waals surface area contributed by atoms with Gasteiger partial charge in [0.25, 0.3) is 0 Å². The van der Waals surface area contributed by atoms with Gasteiger partial charge in [0.1, 0.15) is 34.4 Å². The topological polar surface area (TPSA) is 75.4 Å². The molecule has 186 valence electrons. The maximum atomic E-state index is 13.3. The molecule has 0 spiro atoms. The molecule has 0 aliphatic carbocycles. The summed E-state index contributed by atoms with van der Waals surface area (Å²) >= 11 is 0. The number of aromatic hydroxyl groups is 1. The molecule has 4 aromatic rings. The van der Waals surface area contributed by atoms with Crippen molar-refractivity contribution in [3.63, 3.8) is 0 Å². The second-order valence-corrected chi connectivity index (χ2v) is 8.78. The number of piperazine rings is 1. The Hall–Kier alpha value is -4.04. The number of hydrogen-bond acceptors (Lipinski definition) is 7. The molecule has 0 radical (unpaired) electrons. The maximum absolute atomic E-state index is 13.3. The van der Waals surface area contributed by atoms with Gasteiger partial charge in [-0.05, 0) is 55.5 Å². The van der Waals surface area contributed by atoms with Gasteiger partial charge in [0.2, 0.25) is 11.2 Å². The Labute approximate surface area is 207 Å². The van der Waals surface area contributed by atoms with E-state index in [9.17, 15) is 14.3 Å². The van der Waals surface area contributed by atoms with Gasteiger partial charge in [-0.3, -0.25) is 9.69 Å². The van der Waals surface area contributed by atoms with Crippen molar-refractivity contribution in [2.45, 2.75) is 13.5 Å². The molecule has 1 aliphatic rings. The van der Waals surface area contributed by atoms with Gasteiger partial charge in [-0.1, -0.05) is 6.07 Å². The normalized spacial score (nSPS) is 14.2. The molecular weight excluding hydrogens is 463 g/mol. The maximum Gasteiger partial charge on any atom is 0.235 e. The van der Waals surface area contributed by atoms with Crippen molar-refractivity contribution < 1.29 is 23.4 Å². The van der Waals surface area contributed by atoms with Crippen LogP contribution in [0, 0.1) is 12.7 Å². The molecule has 0 amide bonds. The molecule has 3 aromatic carbocycles. The van der Waals surface area contributed by atoms with Crippen LogP contribution in [0.15, 0.2) is 69.9 Å². The molecular formula is C28H27FN2O5. The van der Waals surface area contributed by atoms with Gasteiger partial charge in [0.15, 0.2) is 0 Å². The standard InChI is InChI=1S/C28H27FN2O5/c1-18-27(36-22-5-3-4-21(16-22)34-2)26(33)23-10-11-25(32)24(28(23)35-18)17-30-12-14-31(15-13-30)20-8-6-19(29)7-9-20/h3-11,16,32H,12-15,17H2,1-2H3. The van der Waals surface area contributed by atoms with Crippen molar-refractivity contribution in [2.75, 3.05) is 38.2 Å². The highest BCUT2D eigenvalue weighted by Crippen LogP contribution is 2.32. The van der Waals surface area contributed by atoms with Crippen LogP contribution in [0.4, 0.5) is 10.1 Å². The highest BCUT2D eigenvalue weighted by molar-refractivity contribution is 5.83. The monoisotopic (exact) mass is 490 g/mol. The van der Waals surface area contributed by atoms with Crippen LogP contribution in [0.1, 0.15) is 11.3 Å². The minimum atomic E-state index is -0.307. The number of methoxy groups -OCH3 is 1. The Kier molecular flexibility index (Phi) is 6.52. The molecule has 1 saturated heterocycles. The van der Waals surface area contributed by atoms with Gasteiger partial charge >= 0.3 is 0 Å². The minimum Gasteiger partial charge on any atom is -0.507 e. The minimum absolute atomic E-state index is 0.0764. The quantitative estimate of drug-likeness (QED) is 0.405. The number of ether oxygens (including phenoxy) is 2. The van der Waals surface area contributed by atoms with E-state index in [0.29, 0.717) is 40.3 Å². The summed E-state index contributed by atoms with van der Waals surface area (Å²) in [6, 6.07) is 16.6. The van der Waals surface area contributed by atoms with E-state index in [1.165, 1.54) is 18.2 Å². The molecule has 1 aromatic heterocycles. The zero-order valence-corrected chi connectivity index (χ0v) is 20.2. The van der Waals surface area contributed by atoms with Crippen molar-refractivity contribution in [3.05, 3.63) is 88.0 Å². The van der Waals surface area contributed by atoms with Gasteiger partial charge in [0.05, 0.1) is 18.1 Å². The van der Waals surface area contributed by atoms with Crippen molar-refractivity contribution in [1.82, 2.24) is 4.90 Å². The Morgan fingerprint density at radius 3 is 2.44 bits per heavy atom. The van der Waals surface area contributed by atoms with Crippen LogP contribution in [0.25, 0.3) is 11.0 Å². The zero-order chi connectivity index (χ0) is 25.2. The van der Waals surface area contributed by atoms with Gasteiger partial charge in [-0.15, -0.1) is 0 Å². The van der Waals surface area contributed by atoms with Crippen LogP contribution in [0.3, 0.4) is 0 Å². The fourth-order valence-electron chi connectivity index (χ4n) is 4.49. The smallest absolute Gasteiger partial charge is 0.235 e. The van der Waals surface area contributed by atoms with E-state index in [1.807, 2.05) is 0 Å². The number of rotatable bonds is 6. The van der Waals surface area contributed by atoms with Gasteiger partial charge in [-0.2, -0.15) is 0 Å². The number of aryl methyl sites for hydroxylation is 1. The molecule has 5 rings (SSSR count). The number of phenols is 1. The van der Waals surface area contributed by atoms with E-state index in [0.717, 1.165) is 31.9 Å². The number of fused-ring (bicyclic) bond motifs is 1. The molecule has 0 bridgehead atoms. The predicted molar refractivity (Wildman–Crippen MR) is 136 cm³/mol. The first-order valence-electron chi connectivity index (χ1n) is 11.8. The molecule has 7 nitrogen and oxygen atoms in total. The van der Waals surface area contributed by atoms with Crippen LogP contribution in [0.2, 0.25) is 0 Å². The summed E-state index contributed by atoms with van der Waals surface area (Å²) in [4.78, 5) is 17.7. The molecule has 36 heavy (non-hydrogen) atoms. The van der Waals surface area contributed by atoms with Gasteiger partial charge in [0, 0.05) is 44.5 Å². The second-order valence-electron chi connectivity index (χ2n) is 8.78. The number of nitrogens with zero attached hydrogens (tertiary/aromatic N) is 2. The number of anilines is 1. The molecule has 1 aliphatic heterocycles. The molecule has 2 heterocycles. The van der Waals surface area contributed by atoms with Crippen LogP contribution >= 0.6 is 0 Å². The fraction of sp³-hybridized carbons (Fsp3) is 0.250. The van der Waals surface area contributed by atoms with Crippen LogP contribution in [-0.2, 0) is 6.54 Å². The molecule has 0 atom stereocenters. The molecule has 1 fully saturated rings. The van der Waals surface area contributed by atoms with Crippen molar-refractivity contribution >= 4 is 16.7 Å². The van der Waals surface area contributed by atoms with E-state index in [4.69, 9.17) is 13.9 Å². The third-order valence-electron chi connectivity index (χ3n) is 6.47. The van der Waals surface area contributed by atoms with E-state index in [-0.39, 0.29) is 22.7 Å². The SMILES string of the molecule is COc1cccc(Oc2c(C)oc3c(CN4CCN(c5ccc(F)cc5)CC4)c(O)ccc3c2=O)c1. The summed E-state index contributed by atoms with van der Waals surface area (Å²) < 4.78 is 30.4. The summed E-state index contributed by atoms with van der Waals surface area (Å²) in [5, 5.41) is 11.0. The summed E-state index contributed by atoms with van der Waals surface area (Å²) in [6.45, 7) is 5.11. The lowest BCUT2D eigenvalue weighted by molar-refractivity contribution is 0.246. The third-order valence-corrected chi connectivity index (χ3v) is 6.47. The molecule has 8 heteroatoms. The highest BCUT2D eigenvalue weighted by atomic mass is 19.1. The summed E-state index contributed by atoms with van der Waals surface area (Å²) in [5.74, 6) is 1.32. The van der Waals surface area contributed by atoms with Gasteiger partial charge < -0.3 is 23.9 Å². The Morgan fingerprint density at radius 2 is 1.72 bits per heavy atom. The van der Waals surface area contributed by atoms with Crippen molar-refractivity contribution in [3.8, 4) is 23.0 Å². The number of phenolic OH excluding ortho intramolecular Hbond substituents is 1. The van der Waals surface area contributed by atoms with Crippen LogP contribution in [0.5, 0.6) is 23.0 Å². The highest BCUT2D eigenvalue weighted by Gasteiger charge is 2.23. The van der Waals surface area contributed by atoms with E-state index >= 15 is 0 Å². The number of halogens is 1. The third kappa shape index (κ3) is 4.72.